The Kier molecular flexibility index (Phi) is 4.78. The molecule has 7 heteroatoms. The van der Waals surface area contributed by atoms with E-state index in [-0.39, 0.29) is 33.0 Å². The number of furan rings is 1. The normalized spacial score (nSPS) is 11.8. The average molecular weight is 462 g/mol. The average Bonchev–Trinajstić information content (AvgIpc) is 3.03. The molecule has 4 aromatic rings. The molecule has 2 N–H and O–H groups in total. The molecule has 0 amide bonds. The number of anilines is 1. The summed E-state index contributed by atoms with van der Waals surface area (Å²) >= 11 is 2.94. The molecule has 0 aliphatic carbocycles. The number of fused-ring (bicyclic) bond motifs is 1. The van der Waals surface area contributed by atoms with Gasteiger partial charge in [0.1, 0.15) is 0 Å². The maximum Gasteiger partial charge on any atom is 0.417 e. The fourth-order valence-electron chi connectivity index (χ4n) is 3.37. The van der Waals surface area contributed by atoms with E-state index in [9.17, 15) is 18.3 Å². The standard InChI is InChI=1S/C22H15BrF3NO2/c1-27-21-18(13-9-10-17(23)16(11-13)22(24,25)26)19(28)20(29-21)15-8-4-6-12-5-2-3-7-14(12)15/h2-11,27-28H,1H3. The van der Waals surface area contributed by atoms with Gasteiger partial charge in [0.15, 0.2) is 11.5 Å². The van der Waals surface area contributed by atoms with Crippen molar-refractivity contribution in [1.82, 2.24) is 0 Å². The molecule has 1 aromatic heterocycles. The molecule has 4 rings (SSSR count). The second-order valence-corrected chi connectivity index (χ2v) is 7.31. The largest absolute Gasteiger partial charge is 0.504 e. The molecule has 0 atom stereocenters. The van der Waals surface area contributed by atoms with Gasteiger partial charge < -0.3 is 14.8 Å². The Labute approximate surface area is 172 Å². The van der Waals surface area contributed by atoms with Crippen molar-refractivity contribution in [3.05, 3.63) is 70.7 Å². The quantitative estimate of drug-likeness (QED) is 0.336. The molecule has 148 valence electrons. The fourth-order valence-corrected chi connectivity index (χ4v) is 3.84. The molecule has 3 nitrogen and oxygen atoms in total. The third kappa shape index (κ3) is 3.35. The lowest BCUT2D eigenvalue weighted by Crippen LogP contribution is -2.06. The number of benzene rings is 3. The number of alkyl halides is 3. The number of aromatic hydroxyl groups is 1. The molecule has 0 saturated heterocycles. The Bertz CT molecular complexity index is 1210. The van der Waals surface area contributed by atoms with Crippen molar-refractivity contribution in [2.24, 2.45) is 0 Å². The summed E-state index contributed by atoms with van der Waals surface area (Å²) in [6.07, 6.45) is -4.54. The van der Waals surface area contributed by atoms with E-state index in [0.29, 0.717) is 5.56 Å². The highest BCUT2D eigenvalue weighted by Crippen LogP contribution is 2.48. The van der Waals surface area contributed by atoms with Gasteiger partial charge in [-0.05, 0) is 28.5 Å². The Morgan fingerprint density at radius 1 is 1.00 bits per heavy atom. The monoisotopic (exact) mass is 461 g/mol. The van der Waals surface area contributed by atoms with Gasteiger partial charge in [-0.15, -0.1) is 0 Å². The number of halogens is 4. The highest BCUT2D eigenvalue weighted by atomic mass is 79.9. The maximum absolute atomic E-state index is 13.3. The molecule has 0 aliphatic heterocycles. The maximum atomic E-state index is 13.3. The minimum Gasteiger partial charge on any atom is -0.504 e. The number of nitrogens with one attached hydrogen (secondary N) is 1. The lowest BCUT2D eigenvalue weighted by atomic mass is 9.99. The topological polar surface area (TPSA) is 45.4 Å². The highest BCUT2D eigenvalue weighted by molar-refractivity contribution is 9.10. The van der Waals surface area contributed by atoms with Crippen LogP contribution in [0.2, 0.25) is 0 Å². The zero-order valence-corrected chi connectivity index (χ0v) is 16.7. The van der Waals surface area contributed by atoms with E-state index >= 15 is 0 Å². The van der Waals surface area contributed by atoms with Crippen LogP contribution in [0.1, 0.15) is 5.56 Å². The summed E-state index contributed by atoms with van der Waals surface area (Å²) in [4.78, 5) is 0. The molecule has 0 aliphatic rings. The minimum absolute atomic E-state index is 0.0722. The van der Waals surface area contributed by atoms with Crippen LogP contribution in [-0.4, -0.2) is 12.2 Å². The lowest BCUT2D eigenvalue weighted by Gasteiger charge is -2.11. The Hall–Kier alpha value is -2.93. The van der Waals surface area contributed by atoms with E-state index in [1.807, 2.05) is 36.4 Å². The number of hydrogen-bond donors (Lipinski definition) is 2. The van der Waals surface area contributed by atoms with Crippen molar-refractivity contribution in [2.45, 2.75) is 6.18 Å². The van der Waals surface area contributed by atoms with Crippen LogP contribution in [0.3, 0.4) is 0 Å². The van der Waals surface area contributed by atoms with Crippen molar-refractivity contribution in [3.8, 4) is 28.2 Å². The van der Waals surface area contributed by atoms with E-state index in [2.05, 4.69) is 21.2 Å². The van der Waals surface area contributed by atoms with Crippen molar-refractivity contribution in [3.63, 3.8) is 0 Å². The van der Waals surface area contributed by atoms with Crippen LogP contribution in [-0.2, 0) is 6.18 Å². The van der Waals surface area contributed by atoms with Crippen LogP contribution >= 0.6 is 15.9 Å². The van der Waals surface area contributed by atoms with Gasteiger partial charge in [-0.25, -0.2) is 0 Å². The summed E-state index contributed by atoms with van der Waals surface area (Å²) in [5.74, 6) is 0.152. The molecule has 0 spiro atoms. The van der Waals surface area contributed by atoms with Crippen LogP contribution in [0.5, 0.6) is 5.75 Å². The van der Waals surface area contributed by atoms with Crippen LogP contribution < -0.4 is 5.32 Å². The first-order valence-electron chi connectivity index (χ1n) is 8.70. The van der Waals surface area contributed by atoms with Crippen molar-refractivity contribution in [1.29, 1.82) is 0 Å². The summed E-state index contributed by atoms with van der Waals surface area (Å²) in [5.41, 5.74) is 0.187. The molecular formula is C22H15BrF3NO2. The predicted octanol–water partition coefficient (Wildman–Crippen LogP) is 7.30. The zero-order valence-electron chi connectivity index (χ0n) is 15.1. The van der Waals surface area contributed by atoms with Crippen LogP contribution in [0.15, 0.2) is 69.6 Å². The third-order valence-corrected chi connectivity index (χ3v) is 5.40. The van der Waals surface area contributed by atoms with Crippen LogP contribution in [0, 0.1) is 0 Å². The predicted molar refractivity (Wildman–Crippen MR) is 111 cm³/mol. The molecular weight excluding hydrogens is 447 g/mol. The van der Waals surface area contributed by atoms with Gasteiger partial charge in [-0.2, -0.15) is 13.2 Å². The molecule has 3 aromatic carbocycles. The molecule has 1 heterocycles. The second kappa shape index (κ2) is 7.15. The van der Waals surface area contributed by atoms with Crippen molar-refractivity contribution < 1.29 is 22.7 Å². The number of rotatable bonds is 3. The van der Waals surface area contributed by atoms with Crippen molar-refractivity contribution in [2.75, 3.05) is 12.4 Å². The summed E-state index contributed by atoms with van der Waals surface area (Å²) in [6, 6.07) is 17.0. The Morgan fingerprint density at radius 3 is 2.45 bits per heavy atom. The molecule has 0 fully saturated rings. The SMILES string of the molecule is CNc1oc(-c2cccc3ccccc23)c(O)c1-c1ccc(Br)c(C(F)(F)F)c1. The third-order valence-electron chi connectivity index (χ3n) is 4.70. The van der Waals surface area contributed by atoms with Gasteiger partial charge in [0, 0.05) is 17.1 Å². The van der Waals surface area contributed by atoms with Gasteiger partial charge in [-0.1, -0.05) is 64.5 Å². The molecule has 0 bridgehead atoms. The van der Waals surface area contributed by atoms with E-state index in [1.54, 1.807) is 13.1 Å². The van der Waals surface area contributed by atoms with Gasteiger partial charge in [0.2, 0.25) is 5.88 Å². The van der Waals surface area contributed by atoms with E-state index in [4.69, 9.17) is 4.42 Å². The second-order valence-electron chi connectivity index (χ2n) is 6.45. The molecule has 0 unspecified atom stereocenters. The summed E-state index contributed by atoms with van der Waals surface area (Å²) in [7, 11) is 1.58. The summed E-state index contributed by atoms with van der Waals surface area (Å²) in [5, 5.41) is 15.6. The van der Waals surface area contributed by atoms with Gasteiger partial charge >= 0.3 is 6.18 Å². The first-order chi connectivity index (χ1) is 13.8. The van der Waals surface area contributed by atoms with Crippen LogP contribution in [0.4, 0.5) is 19.1 Å². The molecule has 29 heavy (non-hydrogen) atoms. The first-order valence-corrected chi connectivity index (χ1v) is 9.49. The molecule has 0 radical (unpaired) electrons. The van der Waals surface area contributed by atoms with E-state index in [0.717, 1.165) is 16.8 Å². The highest BCUT2D eigenvalue weighted by Gasteiger charge is 2.34. The lowest BCUT2D eigenvalue weighted by molar-refractivity contribution is -0.138. The van der Waals surface area contributed by atoms with E-state index < -0.39 is 11.7 Å². The molecule has 0 saturated carbocycles. The van der Waals surface area contributed by atoms with Gasteiger partial charge in [0.05, 0.1) is 11.1 Å². The van der Waals surface area contributed by atoms with Gasteiger partial charge in [0.25, 0.3) is 0 Å². The summed E-state index contributed by atoms with van der Waals surface area (Å²) in [6.45, 7) is 0. The fraction of sp³-hybridized carbons (Fsp3) is 0.0909. The van der Waals surface area contributed by atoms with E-state index in [1.165, 1.54) is 12.1 Å². The number of hydrogen-bond acceptors (Lipinski definition) is 3. The minimum atomic E-state index is -4.54. The Morgan fingerprint density at radius 2 is 1.72 bits per heavy atom. The first kappa shape index (κ1) is 19.4. The summed E-state index contributed by atoms with van der Waals surface area (Å²) < 4.78 is 45.8. The van der Waals surface area contributed by atoms with Gasteiger partial charge in [-0.3, -0.25) is 0 Å². The smallest absolute Gasteiger partial charge is 0.417 e. The Balaban J connectivity index is 1.95. The van der Waals surface area contributed by atoms with Crippen molar-refractivity contribution >= 4 is 32.6 Å². The van der Waals surface area contributed by atoms with Crippen LogP contribution in [0.25, 0.3) is 33.2 Å². The zero-order chi connectivity index (χ0) is 20.8.